The number of anilines is 1. The molecule has 0 saturated carbocycles. The van der Waals surface area contributed by atoms with Crippen molar-refractivity contribution in [2.24, 2.45) is 0 Å². The smallest absolute Gasteiger partial charge is 0.125 e. The van der Waals surface area contributed by atoms with Crippen LogP contribution in [0.5, 0.6) is 11.5 Å². The predicted octanol–water partition coefficient (Wildman–Crippen LogP) is 4.21. The third kappa shape index (κ3) is 5.78. The second-order valence-electron chi connectivity index (χ2n) is 5.57. The van der Waals surface area contributed by atoms with Gasteiger partial charge in [0.25, 0.3) is 0 Å². The molecule has 4 heteroatoms. The Labute approximate surface area is 144 Å². The summed E-state index contributed by atoms with van der Waals surface area (Å²) in [6.45, 7) is 9.40. The molecule has 2 aromatic rings. The topological polar surface area (TPSA) is 39.7 Å². The monoisotopic (exact) mass is 329 g/mol. The molecule has 0 aliphatic rings. The maximum absolute atomic E-state index is 5.89. The molecule has 0 aromatic heterocycles. The average molecular weight is 329 g/mol. The Morgan fingerprint density at radius 2 is 1.54 bits per heavy atom. The normalized spacial score (nSPS) is 10.5. The molecule has 2 rings (SSSR count). The van der Waals surface area contributed by atoms with Gasteiger partial charge >= 0.3 is 0 Å². The lowest BCUT2D eigenvalue weighted by Crippen LogP contribution is -2.12. The molecule has 1 N–H and O–H groups in total. The molecular weight excluding hydrogens is 302 g/mol. The molecule has 0 unspecified atom stereocenters. The summed E-state index contributed by atoms with van der Waals surface area (Å²) in [5, 5.41) is 3.35. The summed E-state index contributed by atoms with van der Waals surface area (Å²) >= 11 is 0. The van der Waals surface area contributed by atoms with E-state index in [0.717, 1.165) is 30.3 Å². The first kappa shape index (κ1) is 18.1. The van der Waals surface area contributed by atoms with Crippen molar-refractivity contribution < 1.29 is 14.2 Å². The van der Waals surface area contributed by atoms with Crippen molar-refractivity contribution in [3.63, 3.8) is 0 Å². The minimum atomic E-state index is 0.574. The minimum Gasteiger partial charge on any atom is -0.491 e. The Hall–Kier alpha value is -2.20. The van der Waals surface area contributed by atoms with Crippen molar-refractivity contribution in [2.75, 3.05) is 38.3 Å². The highest BCUT2D eigenvalue weighted by Gasteiger charge is 2.02. The number of benzene rings is 2. The standard InChI is InChI=1S/C20H27NO3/c1-4-22-14-15-23-19-10-8-18(9-11-19)21-12-13-24-20-16(2)6-5-7-17(20)3/h5-11,21H,4,12-15H2,1-3H3. The lowest BCUT2D eigenvalue weighted by molar-refractivity contribution is 0.110. The fourth-order valence-corrected chi connectivity index (χ4v) is 2.41. The number of rotatable bonds is 10. The molecule has 2 aromatic carbocycles. The Kier molecular flexibility index (Phi) is 7.43. The molecule has 0 atom stereocenters. The van der Waals surface area contributed by atoms with Crippen molar-refractivity contribution in [3.05, 3.63) is 53.6 Å². The first-order valence-electron chi connectivity index (χ1n) is 8.44. The maximum Gasteiger partial charge on any atom is 0.125 e. The molecule has 0 heterocycles. The highest BCUT2D eigenvalue weighted by Crippen LogP contribution is 2.22. The SMILES string of the molecule is CCOCCOc1ccc(NCCOc2c(C)cccc2C)cc1. The second kappa shape index (κ2) is 9.83. The van der Waals surface area contributed by atoms with Gasteiger partial charge in [-0.1, -0.05) is 18.2 Å². The lowest BCUT2D eigenvalue weighted by atomic mass is 10.1. The van der Waals surface area contributed by atoms with E-state index in [1.54, 1.807) is 0 Å². The second-order valence-corrected chi connectivity index (χ2v) is 5.57. The molecule has 0 saturated heterocycles. The van der Waals surface area contributed by atoms with E-state index in [0.29, 0.717) is 19.8 Å². The van der Waals surface area contributed by atoms with E-state index in [1.807, 2.05) is 37.3 Å². The van der Waals surface area contributed by atoms with Crippen LogP contribution < -0.4 is 14.8 Å². The van der Waals surface area contributed by atoms with Gasteiger partial charge in [0, 0.05) is 18.8 Å². The molecule has 0 amide bonds. The summed E-state index contributed by atoms with van der Waals surface area (Å²) in [6, 6.07) is 14.1. The Morgan fingerprint density at radius 3 is 2.21 bits per heavy atom. The number of aryl methyl sites for hydroxylation is 2. The van der Waals surface area contributed by atoms with E-state index in [9.17, 15) is 0 Å². The lowest BCUT2D eigenvalue weighted by Gasteiger charge is -2.13. The number of ether oxygens (including phenoxy) is 3. The summed E-state index contributed by atoms with van der Waals surface area (Å²) in [5.41, 5.74) is 3.39. The predicted molar refractivity (Wildman–Crippen MR) is 98.3 cm³/mol. The van der Waals surface area contributed by atoms with E-state index in [2.05, 4.69) is 31.3 Å². The molecule has 0 aliphatic heterocycles. The van der Waals surface area contributed by atoms with Gasteiger partial charge in [0.05, 0.1) is 6.61 Å². The highest BCUT2D eigenvalue weighted by atomic mass is 16.5. The number of hydrogen-bond acceptors (Lipinski definition) is 4. The quantitative estimate of drug-likeness (QED) is 0.663. The largest absolute Gasteiger partial charge is 0.491 e. The first-order chi connectivity index (χ1) is 11.7. The van der Waals surface area contributed by atoms with Crippen LogP contribution in [0.25, 0.3) is 0 Å². The summed E-state index contributed by atoms with van der Waals surface area (Å²) in [5.74, 6) is 1.84. The van der Waals surface area contributed by atoms with Gasteiger partial charge in [-0.2, -0.15) is 0 Å². The van der Waals surface area contributed by atoms with Crippen LogP contribution in [0.2, 0.25) is 0 Å². The zero-order valence-corrected chi connectivity index (χ0v) is 14.8. The molecule has 0 radical (unpaired) electrons. The van der Waals surface area contributed by atoms with Crippen LogP contribution in [0.3, 0.4) is 0 Å². The van der Waals surface area contributed by atoms with Crippen LogP contribution in [0.15, 0.2) is 42.5 Å². The van der Waals surface area contributed by atoms with Gasteiger partial charge in [-0.3, -0.25) is 0 Å². The Morgan fingerprint density at radius 1 is 0.833 bits per heavy atom. The molecular formula is C20H27NO3. The van der Waals surface area contributed by atoms with Gasteiger partial charge in [0.15, 0.2) is 0 Å². The zero-order chi connectivity index (χ0) is 17.2. The molecule has 24 heavy (non-hydrogen) atoms. The fourth-order valence-electron chi connectivity index (χ4n) is 2.41. The van der Waals surface area contributed by atoms with Gasteiger partial charge in [-0.15, -0.1) is 0 Å². The number of nitrogens with one attached hydrogen (secondary N) is 1. The van der Waals surface area contributed by atoms with Gasteiger partial charge < -0.3 is 19.5 Å². The van der Waals surface area contributed by atoms with Crippen LogP contribution in [0, 0.1) is 13.8 Å². The van der Waals surface area contributed by atoms with E-state index in [1.165, 1.54) is 11.1 Å². The minimum absolute atomic E-state index is 0.574. The number of para-hydroxylation sites is 1. The van der Waals surface area contributed by atoms with Crippen LogP contribution >= 0.6 is 0 Å². The van der Waals surface area contributed by atoms with E-state index < -0.39 is 0 Å². The zero-order valence-electron chi connectivity index (χ0n) is 14.8. The number of hydrogen-bond donors (Lipinski definition) is 1. The van der Waals surface area contributed by atoms with E-state index >= 15 is 0 Å². The summed E-state index contributed by atoms with van der Waals surface area (Å²) in [7, 11) is 0. The van der Waals surface area contributed by atoms with Crippen molar-refractivity contribution in [1.29, 1.82) is 0 Å². The van der Waals surface area contributed by atoms with Gasteiger partial charge in [0.2, 0.25) is 0 Å². The van der Waals surface area contributed by atoms with Crippen molar-refractivity contribution >= 4 is 5.69 Å². The highest BCUT2D eigenvalue weighted by molar-refractivity contribution is 5.46. The maximum atomic E-state index is 5.89. The third-order valence-electron chi connectivity index (χ3n) is 3.64. The van der Waals surface area contributed by atoms with Gasteiger partial charge in [-0.25, -0.2) is 0 Å². The van der Waals surface area contributed by atoms with E-state index in [4.69, 9.17) is 14.2 Å². The van der Waals surface area contributed by atoms with Crippen molar-refractivity contribution in [3.8, 4) is 11.5 Å². The summed E-state index contributed by atoms with van der Waals surface area (Å²) in [4.78, 5) is 0. The van der Waals surface area contributed by atoms with Crippen LogP contribution in [-0.2, 0) is 4.74 Å². The van der Waals surface area contributed by atoms with Crippen LogP contribution in [0.1, 0.15) is 18.1 Å². The summed E-state index contributed by atoms with van der Waals surface area (Å²) < 4.78 is 16.7. The molecule has 130 valence electrons. The third-order valence-corrected chi connectivity index (χ3v) is 3.64. The van der Waals surface area contributed by atoms with Crippen LogP contribution in [-0.4, -0.2) is 33.0 Å². The van der Waals surface area contributed by atoms with Gasteiger partial charge in [0.1, 0.15) is 24.7 Å². The van der Waals surface area contributed by atoms with Crippen molar-refractivity contribution in [1.82, 2.24) is 0 Å². The molecule has 4 nitrogen and oxygen atoms in total. The Balaban J connectivity index is 1.71. The molecule has 0 aliphatic carbocycles. The fraction of sp³-hybridized carbons (Fsp3) is 0.400. The summed E-state index contributed by atoms with van der Waals surface area (Å²) in [6.07, 6.45) is 0. The first-order valence-corrected chi connectivity index (χ1v) is 8.44. The Bertz CT molecular complexity index is 591. The molecule has 0 bridgehead atoms. The van der Waals surface area contributed by atoms with Crippen LogP contribution in [0.4, 0.5) is 5.69 Å². The molecule has 0 fully saturated rings. The average Bonchev–Trinajstić information content (AvgIpc) is 2.59. The van der Waals surface area contributed by atoms with E-state index in [-0.39, 0.29) is 0 Å². The molecule has 0 spiro atoms. The van der Waals surface area contributed by atoms with Crippen molar-refractivity contribution in [2.45, 2.75) is 20.8 Å². The van der Waals surface area contributed by atoms with Gasteiger partial charge in [-0.05, 0) is 56.2 Å².